The molecule has 0 radical (unpaired) electrons. The van der Waals surface area contributed by atoms with Crippen LogP contribution in [0.15, 0.2) is 0 Å². The fraction of sp³-hybridized carbons (Fsp3) is 0.938. The van der Waals surface area contributed by atoms with E-state index in [0.717, 1.165) is 51.4 Å². The topological polar surface area (TPSA) is 77.9 Å². The van der Waals surface area contributed by atoms with Crippen molar-refractivity contribution in [2.24, 2.45) is 11.3 Å². The first kappa shape index (κ1) is 17.2. The highest BCUT2D eigenvalue weighted by atomic mass is 32.2. The molecule has 1 spiro atoms. The Morgan fingerprint density at radius 1 is 1.13 bits per heavy atom. The van der Waals surface area contributed by atoms with Crippen molar-refractivity contribution in [1.82, 2.24) is 8.61 Å². The van der Waals surface area contributed by atoms with Gasteiger partial charge in [0, 0.05) is 32.6 Å². The molecule has 1 heterocycles. The summed E-state index contributed by atoms with van der Waals surface area (Å²) < 4.78 is 28.4. The van der Waals surface area contributed by atoms with Crippen LogP contribution in [0.4, 0.5) is 0 Å². The normalized spacial score (nSPS) is 26.7. The van der Waals surface area contributed by atoms with E-state index in [-0.39, 0.29) is 17.9 Å². The Bertz CT molecular complexity index is 540. The maximum absolute atomic E-state index is 12.6. The van der Waals surface area contributed by atoms with Gasteiger partial charge in [-0.2, -0.15) is 17.0 Å². The molecule has 0 atom stereocenters. The smallest absolute Gasteiger partial charge is 0.303 e. The molecular weight excluding hydrogens is 316 g/mol. The molecule has 23 heavy (non-hydrogen) atoms. The van der Waals surface area contributed by atoms with E-state index in [1.54, 1.807) is 15.7 Å². The highest BCUT2D eigenvalue weighted by molar-refractivity contribution is 7.86. The Kier molecular flexibility index (Phi) is 4.73. The molecule has 0 aromatic carbocycles. The van der Waals surface area contributed by atoms with Crippen molar-refractivity contribution in [2.75, 3.05) is 20.1 Å². The predicted octanol–water partition coefficient (Wildman–Crippen LogP) is 2.07. The fourth-order valence-corrected chi connectivity index (χ4v) is 5.84. The molecule has 0 aromatic heterocycles. The van der Waals surface area contributed by atoms with E-state index >= 15 is 0 Å². The molecule has 2 aliphatic carbocycles. The zero-order valence-electron chi connectivity index (χ0n) is 13.9. The Labute approximate surface area is 139 Å². The van der Waals surface area contributed by atoms with Crippen LogP contribution in [0.1, 0.15) is 57.8 Å². The average Bonchev–Trinajstić information content (AvgIpc) is 3.34. The first-order valence-corrected chi connectivity index (χ1v) is 10.2. The van der Waals surface area contributed by atoms with E-state index in [1.807, 2.05) is 0 Å². The molecule has 3 rings (SSSR count). The van der Waals surface area contributed by atoms with Crippen LogP contribution in [0, 0.1) is 11.3 Å². The van der Waals surface area contributed by atoms with Crippen LogP contribution < -0.4 is 0 Å². The molecule has 0 unspecified atom stereocenters. The second-order valence-electron chi connectivity index (χ2n) is 7.70. The largest absolute Gasteiger partial charge is 0.481 e. The van der Waals surface area contributed by atoms with Crippen LogP contribution in [-0.2, 0) is 15.0 Å². The number of rotatable bonds is 5. The molecule has 132 valence electrons. The lowest BCUT2D eigenvalue weighted by molar-refractivity contribution is -0.138. The van der Waals surface area contributed by atoms with Crippen LogP contribution in [0.25, 0.3) is 0 Å². The molecule has 1 N–H and O–H groups in total. The van der Waals surface area contributed by atoms with Crippen LogP contribution in [0.5, 0.6) is 0 Å². The first-order chi connectivity index (χ1) is 10.8. The number of aliphatic carboxylic acids is 1. The van der Waals surface area contributed by atoms with Crippen molar-refractivity contribution >= 4 is 16.2 Å². The molecule has 1 aliphatic heterocycles. The lowest BCUT2D eigenvalue weighted by atomic mass is 9.65. The standard InChI is InChI=1S/C16H28N2O4S/c1-17(14-2-3-14)23(21,22)18-10-8-16(9-11-18)6-4-13(5-7-16)12-15(19)20/h13-14H,2-12H2,1H3,(H,19,20). The Morgan fingerprint density at radius 3 is 2.17 bits per heavy atom. The summed E-state index contributed by atoms with van der Waals surface area (Å²) in [6, 6.07) is 0.211. The third kappa shape index (κ3) is 3.72. The number of carboxylic acid groups (broad SMARTS) is 1. The molecule has 2 saturated carbocycles. The molecule has 3 aliphatic rings. The summed E-state index contributed by atoms with van der Waals surface area (Å²) in [7, 11) is -1.59. The van der Waals surface area contributed by atoms with Gasteiger partial charge in [0.15, 0.2) is 0 Å². The minimum atomic E-state index is -3.29. The maximum atomic E-state index is 12.6. The third-order valence-corrected chi connectivity index (χ3v) is 8.21. The summed E-state index contributed by atoms with van der Waals surface area (Å²) in [6.07, 6.45) is 8.14. The van der Waals surface area contributed by atoms with Crippen LogP contribution in [-0.4, -0.2) is 54.3 Å². The van der Waals surface area contributed by atoms with Crippen molar-refractivity contribution < 1.29 is 18.3 Å². The van der Waals surface area contributed by atoms with Gasteiger partial charge in [0.2, 0.25) is 0 Å². The number of carbonyl (C=O) groups is 1. The quantitative estimate of drug-likeness (QED) is 0.828. The lowest BCUT2D eigenvalue weighted by Crippen LogP contribution is -2.49. The minimum absolute atomic E-state index is 0.211. The third-order valence-electron chi connectivity index (χ3n) is 6.16. The van der Waals surface area contributed by atoms with Gasteiger partial charge < -0.3 is 5.11 Å². The summed E-state index contributed by atoms with van der Waals surface area (Å²) in [6.45, 7) is 1.23. The summed E-state index contributed by atoms with van der Waals surface area (Å²) >= 11 is 0. The van der Waals surface area contributed by atoms with Gasteiger partial charge in [-0.1, -0.05) is 0 Å². The molecule has 0 amide bonds. The average molecular weight is 344 g/mol. The van der Waals surface area contributed by atoms with E-state index in [9.17, 15) is 13.2 Å². The van der Waals surface area contributed by atoms with E-state index in [2.05, 4.69) is 0 Å². The van der Waals surface area contributed by atoms with Crippen molar-refractivity contribution in [3.8, 4) is 0 Å². The van der Waals surface area contributed by atoms with E-state index in [0.29, 0.717) is 19.0 Å². The minimum Gasteiger partial charge on any atom is -0.481 e. The van der Waals surface area contributed by atoms with Gasteiger partial charge in [-0.15, -0.1) is 0 Å². The zero-order valence-corrected chi connectivity index (χ0v) is 14.7. The number of piperidine rings is 1. The van der Waals surface area contributed by atoms with Gasteiger partial charge >= 0.3 is 5.97 Å². The maximum Gasteiger partial charge on any atom is 0.303 e. The SMILES string of the molecule is CN(C1CC1)S(=O)(=O)N1CCC2(CCC(CC(=O)O)CC2)CC1. The summed E-state index contributed by atoms with van der Waals surface area (Å²) in [4.78, 5) is 10.8. The van der Waals surface area contributed by atoms with Gasteiger partial charge in [-0.25, -0.2) is 0 Å². The molecule has 0 bridgehead atoms. The zero-order chi connectivity index (χ0) is 16.7. The second kappa shape index (κ2) is 6.33. The summed E-state index contributed by atoms with van der Waals surface area (Å²) in [5, 5.41) is 8.92. The predicted molar refractivity (Wildman–Crippen MR) is 87.2 cm³/mol. The first-order valence-electron chi connectivity index (χ1n) is 8.77. The Hall–Kier alpha value is -0.660. The molecule has 0 aromatic rings. The monoisotopic (exact) mass is 344 g/mol. The highest BCUT2D eigenvalue weighted by Crippen LogP contribution is 2.47. The van der Waals surface area contributed by atoms with E-state index < -0.39 is 16.2 Å². The van der Waals surface area contributed by atoms with Crippen molar-refractivity contribution in [3.05, 3.63) is 0 Å². The number of nitrogens with zero attached hydrogens (tertiary/aromatic N) is 2. The number of hydrogen-bond acceptors (Lipinski definition) is 3. The van der Waals surface area contributed by atoms with Crippen LogP contribution in [0.2, 0.25) is 0 Å². The second-order valence-corrected chi connectivity index (χ2v) is 9.68. The molecular formula is C16H28N2O4S. The highest BCUT2D eigenvalue weighted by Gasteiger charge is 2.43. The van der Waals surface area contributed by atoms with Crippen molar-refractivity contribution in [2.45, 2.75) is 63.8 Å². The summed E-state index contributed by atoms with van der Waals surface area (Å²) in [5.74, 6) is -0.393. The van der Waals surface area contributed by atoms with Crippen molar-refractivity contribution in [3.63, 3.8) is 0 Å². The Morgan fingerprint density at radius 2 is 1.70 bits per heavy atom. The van der Waals surface area contributed by atoms with Gasteiger partial charge in [0.05, 0.1) is 0 Å². The van der Waals surface area contributed by atoms with E-state index in [1.165, 1.54) is 0 Å². The van der Waals surface area contributed by atoms with Crippen LogP contribution >= 0.6 is 0 Å². The Balaban J connectivity index is 1.53. The van der Waals surface area contributed by atoms with Crippen molar-refractivity contribution in [1.29, 1.82) is 0 Å². The molecule has 1 saturated heterocycles. The number of hydrogen-bond donors (Lipinski definition) is 1. The van der Waals surface area contributed by atoms with Gasteiger partial charge in [0.25, 0.3) is 10.2 Å². The number of carboxylic acids is 1. The summed E-state index contributed by atoms with van der Waals surface area (Å²) in [5.41, 5.74) is 0.249. The lowest BCUT2D eigenvalue weighted by Gasteiger charge is -2.46. The molecule has 7 heteroatoms. The van der Waals surface area contributed by atoms with Crippen LogP contribution in [0.3, 0.4) is 0 Å². The molecule has 3 fully saturated rings. The van der Waals surface area contributed by atoms with Gasteiger partial charge in [0.1, 0.15) is 0 Å². The van der Waals surface area contributed by atoms with E-state index in [4.69, 9.17) is 5.11 Å². The molecule has 6 nitrogen and oxygen atoms in total. The fourth-order valence-electron chi connectivity index (χ4n) is 4.24. The van der Waals surface area contributed by atoms with Gasteiger partial charge in [-0.05, 0) is 62.7 Å². The van der Waals surface area contributed by atoms with Gasteiger partial charge in [-0.3, -0.25) is 4.79 Å².